The van der Waals surface area contributed by atoms with Crippen LogP contribution in [-0.4, -0.2) is 43.6 Å². The lowest BCUT2D eigenvalue weighted by molar-refractivity contribution is 0.118. The summed E-state index contributed by atoms with van der Waals surface area (Å²) in [4.78, 5) is 12.9. The number of aryl methyl sites for hydroxylation is 2. The second kappa shape index (κ2) is 9.41. The summed E-state index contributed by atoms with van der Waals surface area (Å²) < 4.78 is 28.8. The first kappa shape index (κ1) is 21.3. The third-order valence-corrected chi connectivity index (χ3v) is 7.11. The number of hydrogen-bond acceptors (Lipinski definition) is 3. The van der Waals surface area contributed by atoms with Crippen molar-refractivity contribution in [3.05, 3.63) is 65.7 Å². The van der Waals surface area contributed by atoms with Crippen LogP contribution in [0.3, 0.4) is 0 Å². The minimum absolute atomic E-state index is 0.106. The van der Waals surface area contributed by atoms with Gasteiger partial charge in [-0.3, -0.25) is 0 Å². The molecule has 1 unspecified atom stereocenters. The van der Waals surface area contributed by atoms with Crippen molar-refractivity contribution in [1.82, 2.24) is 9.62 Å². The molecule has 0 spiro atoms. The summed E-state index contributed by atoms with van der Waals surface area (Å²) in [6.45, 7) is 2.80. The topological polar surface area (TPSA) is 86.7 Å². The Kier molecular flexibility index (Phi) is 6.92. The Balaban J connectivity index is 1.74. The molecule has 3 rings (SSSR count). The quantitative estimate of drug-likeness (QED) is 0.721. The number of rotatable bonds is 7. The van der Waals surface area contributed by atoms with Gasteiger partial charge in [0.1, 0.15) is 0 Å². The lowest BCUT2D eigenvalue weighted by Gasteiger charge is -2.35. The Morgan fingerprint density at radius 1 is 1.10 bits per heavy atom. The minimum atomic E-state index is -3.64. The van der Waals surface area contributed by atoms with Crippen molar-refractivity contribution in [3.63, 3.8) is 0 Å². The zero-order valence-electron chi connectivity index (χ0n) is 16.6. The summed E-state index contributed by atoms with van der Waals surface area (Å²) >= 11 is 0. The molecule has 0 bridgehead atoms. The van der Waals surface area contributed by atoms with Crippen LogP contribution < -0.4 is 4.72 Å². The number of nitrogens with zero attached hydrogens (tertiary/aromatic N) is 1. The summed E-state index contributed by atoms with van der Waals surface area (Å²) in [5.74, 6) is 0.106. The smallest absolute Gasteiger partial charge is 0.407 e. The Morgan fingerprint density at radius 2 is 1.72 bits per heavy atom. The van der Waals surface area contributed by atoms with Gasteiger partial charge in [-0.1, -0.05) is 48.0 Å². The molecule has 0 radical (unpaired) electrons. The van der Waals surface area contributed by atoms with E-state index in [4.69, 9.17) is 0 Å². The van der Waals surface area contributed by atoms with E-state index >= 15 is 0 Å². The first-order chi connectivity index (χ1) is 13.8. The fourth-order valence-corrected chi connectivity index (χ4v) is 5.17. The number of likely N-dealkylation sites (tertiary alicyclic amines) is 1. The van der Waals surface area contributed by atoms with Gasteiger partial charge in [-0.25, -0.2) is 17.9 Å². The van der Waals surface area contributed by atoms with E-state index in [1.807, 2.05) is 37.3 Å². The summed E-state index contributed by atoms with van der Waals surface area (Å²) in [6.07, 6.45) is 1.84. The molecule has 1 heterocycles. The van der Waals surface area contributed by atoms with Gasteiger partial charge in [-0.2, -0.15) is 0 Å². The highest BCUT2D eigenvalue weighted by molar-refractivity contribution is 7.89. The van der Waals surface area contributed by atoms with Crippen molar-refractivity contribution in [3.8, 4) is 0 Å². The number of carboxylic acid groups (broad SMARTS) is 1. The fraction of sp³-hybridized carbons (Fsp3) is 0.409. The van der Waals surface area contributed by atoms with Crippen molar-refractivity contribution in [2.24, 2.45) is 5.92 Å². The SMILES string of the molecule is Cc1ccc(S(=O)(=O)NC(CCc2ccccc2)C2CCN(C(=O)O)CC2)cc1. The van der Waals surface area contributed by atoms with Crippen LogP contribution >= 0.6 is 0 Å². The van der Waals surface area contributed by atoms with Crippen molar-refractivity contribution in [1.29, 1.82) is 0 Å². The normalized spacial score (nSPS) is 16.5. The fourth-order valence-electron chi connectivity index (χ4n) is 3.84. The lowest BCUT2D eigenvalue weighted by atomic mass is 9.87. The van der Waals surface area contributed by atoms with E-state index in [1.165, 1.54) is 4.90 Å². The predicted molar refractivity (Wildman–Crippen MR) is 112 cm³/mol. The van der Waals surface area contributed by atoms with E-state index in [0.717, 1.165) is 17.5 Å². The van der Waals surface area contributed by atoms with Crippen molar-refractivity contribution in [2.45, 2.75) is 43.5 Å². The van der Waals surface area contributed by atoms with E-state index in [2.05, 4.69) is 4.72 Å². The van der Waals surface area contributed by atoms with E-state index in [-0.39, 0.29) is 16.9 Å². The molecule has 1 saturated heterocycles. The van der Waals surface area contributed by atoms with Gasteiger partial charge in [0.15, 0.2) is 0 Å². The Hall–Kier alpha value is -2.38. The van der Waals surface area contributed by atoms with Gasteiger partial charge in [0, 0.05) is 19.1 Å². The summed E-state index contributed by atoms with van der Waals surface area (Å²) in [5, 5.41) is 9.19. The van der Waals surface area contributed by atoms with Gasteiger partial charge >= 0.3 is 6.09 Å². The van der Waals surface area contributed by atoms with Crippen LogP contribution in [0, 0.1) is 12.8 Å². The zero-order valence-corrected chi connectivity index (χ0v) is 17.4. The highest BCUT2D eigenvalue weighted by Crippen LogP contribution is 2.25. The molecule has 1 amide bonds. The van der Waals surface area contributed by atoms with Gasteiger partial charge in [0.2, 0.25) is 10.0 Å². The van der Waals surface area contributed by atoms with E-state index in [0.29, 0.717) is 32.4 Å². The predicted octanol–water partition coefficient (Wildman–Crippen LogP) is 3.66. The maximum atomic E-state index is 13.0. The summed E-state index contributed by atoms with van der Waals surface area (Å²) in [6, 6.07) is 16.6. The lowest BCUT2D eigenvalue weighted by Crippen LogP contribution is -2.46. The molecule has 0 saturated carbocycles. The standard InChI is InChI=1S/C22H28N2O4S/c1-17-7-10-20(11-8-17)29(27,28)23-21(12-9-18-5-3-2-4-6-18)19-13-15-24(16-14-19)22(25)26/h2-8,10-11,19,21,23H,9,12-16H2,1H3,(H,25,26). The summed E-state index contributed by atoms with van der Waals surface area (Å²) in [7, 11) is -3.64. The number of hydrogen-bond donors (Lipinski definition) is 2. The Morgan fingerprint density at radius 3 is 2.31 bits per heavy atom. The van der Waals surface area contributed by atoms with Crippen LogP contribution in [0.4, 0.5) is 4.79 Å². The highest BCUT2D eigenvalue weighted by atomic mass is 32.2. The molecule has 0 aromatic heterocycles. The third-order valence-electron chi connectivity index (χ3n) is 5.60. The molecule has 1 atom stereocenters. The molecular weight excluding hydrogens is 388 g/mol. The van der Waals surface area contributed by atoms with E-state index in [9.17, 15) is 18.3 Å². The average Bonchev–Trinajstić information content (AvgIpc) is 2.72. The maximum absolute atomic E-state index is 13.0. The molecule has 156 valence electrons. The van der Waals surface area contributed by atoms with Crippen molar-refractivity contribution >= 4 is 16.1 Å². The molecule has 0 aliphatic carbocycles. The van der Waals surface area contributed by atoms with Crippen LogP contribution in [0.1, 0.15) is 30.4 Å². The van der Waals surface area contributed by atoms with Crippen molar-refractivity contribution < 1.29 is 18.3 Å². The summed E-state index contributed by atoms with van der Waals surface area (Å²) in [5.41, 5.74) is 2.17. The van der Waals surface area contributed by atoms with Gasteiger partial charge in [-0.05, 0) is 56.2 Å². The second-order valence-electron chi connectivity index (χ2n) is 7.67. The number of amides is 1. The molecule has 1 fully saturated rings. The molecule has 2 N–H and O–H groups in total. The number of nitrogens with one attached hydrogen (secondary N) is 1. The molecule has 2 aromatic rings. The average molecular weight is 417 g/mol. The number of piperidine rings is 1. The van der Waals surface area contributed by atoms with E-state index < -0.39 is 16.1 Å². The molecule has 7 heteroatoms. The van der Waals surface area contributed by atoms with Crippen LogP contribution in [0.15, 0.2) is 59.5 Å². The number of sulfonamides is 1. The van der Waals surface area contributed by atoms with E-state index in [1.54, 1.807) is 24.3 Å². The number of benzene rings is 2. The largest absolute Gasteiger partial charge is 0.465 e. The first-order valence-corrected chi connectivity index (χ1v) is 11.4. The molecular formula is C22H28N2O4S. The number of carbonyl (C=O) groups is 1. The Bertz CT molecular complexity index is 906. The minimum Gasteiger partial charge on any atom is -0.465 e. The molecule has 2 aromatic carbocycles. The zero-order chi connectivity index (χ0) is 20.9. The van der Waals surface area contributed by atoms with Crippen LogP contribution in [0.5, 0.6) is 0 Å². The van der Waals surface area contributed by atoms with Crippen molar-refractivity contribution in [2.75, 3.05) is 13.1 Å². The molecule has 6 nitrogen and oxygen atoms in total. The monoisotopic (exact) mass is 416 g/mol. The third kappa shape index (κ3) is 5.81. The van der Waals surface area contributed by atoms with Crippen LogP contribution in [0.25, 0.3) is 0 Å². The molecule has 1 aliphatic rings. The molecule has 1 aliphatic heterocycles. The van der Waals surface area contributed by atoms with Gasteiger partial charge in [0.05, 0.1) is 4.90 Å². The molecule has 29 heavy (non-hydrogen) atoms. The first-order valence-electron chi connectivity index (χ1n) is 9.96. The van der Waals surface area contributed by atoms with Crippen LogP contribution in [-0.2, 0) is 16.4 Å². The van der Waals surface area contributed by atoms with Gasteiger partial charge in [-0.15, -0.1) is 0 Å². The Labute approximate surface area is 172 Å². The van der Waals surface area contributed by atoms with Gasteiger partial charge in [0.25, 0.3) is 0 Å². The maximum Gasteiger partial charge on any atom is 0.407 e. The van der Waals surface area contributed by atoms with Crippen LogP contribution in [0.2, 0.25) is 0 Å². The highest BCUT2D eigenvalue weighted by Gasteiger charge is 2.31. The second-order valence-corrected chi connectivity index (χ2v) is 9.39. The van der Waals surface area contributed by atoms with Gasteiger partial charge < -0.3 is 10.0 Å².